The van der Waals surface area contributed by atoms with Crippen LogP contribution in [0.4, 0.5) is 0 Å². The van der Waals surface area contributed by atoms with Crippen LogP contribution in [-0.2, 0) is 0 Å². The van der Waals surface area contributed by atoms with E-state index in [1.54, 1.807) is 0 Å². The van der Waals surface area contributed by atoms with Crippen LogP contribution in [0, 0.1) is 0 Å². The number of aromatic amines is 1. The molecule has 0 fully saturated rings. The molecule has 0 aliphatic carbocycles. The Labute approximate surface area is 285 Å². The molecular weight excluding hydrogens is 544 g/mol. The summed E-state index contributed by atoms with van der Waals surface area (Å²) in [6.07, 6.45) is 53.1. The summed E-state index contributed by atoms with van der Waals surface area (Å²) in [5.74, 6) is 2.25. The first-order valence-electron chi connectivity index (χ1n) is 21.3. The predicted molar refractivity (Wildman–Crippen MR) is 202 cm³/mol. The zero-order chi connectivity index (χ0) is 32.5. The predicted octanol–water partition coefficient (Wildman–Crippen LogP) is 15.3. The second-order valence-corrected chi connectivity index (χ2v) is 15.1. The van der Waals surface area contributed by atoms with Gasteiger partial charge >= 0.3 is 0 Å². The monoisotopic (exact) mass is 630 g/mol. The highest BCUT2D eigenvalue weighted by atomic mass is 15.1. The number of nitrogens with zero attached hydrogens (tertiary/aromatic N) is 1. The molecule has 0 aliphatic rings. The van der Waals surface area contributed by atoms with E-state index in [1.165, 1.54) is 224 Å². The molecule has 0 aliphatic heterocycles. The Kier molecular flexibility index (Phi) is 31.1. The van der Waals surface area contributed by atoms with Crippen LogP contribution in [0.2, 0.25) is 0 Å². The first-order valence-corrected chi connectivity index (χ1v) is 21.3. The Morgan fingerprint density at radius 2 is 0.711 bits per heavy atom. The van der Waals surface area contributed by atoms with Gasteiger partial charge in [0.05, 0.1) is 12.0 Å². The van der Waals surface area contributed by atoms with Crippen molar-refractivity contribution < 1.29 is 4.57 Å². The normalized spacial score (nSPS) is 13.1. The summed E-state index contributed by atoms with van der Waals surface area (Å²) in [4.78, 5) is 3.76. The van der Waals surface area contributed by atoms with Gasteiger partial charge in [-0.3, -0.25) is 0 Å². The largest absolute Gasteiger partial charge is 0.257 e. The van der Waals surface area contributed by atoms with Gasteiger partial charge in [-0.2, -0.15) is 0 Å². The van der Waals surface area contributed by atoms with Crippen LogP contribution in [0.5, 0.6) is 0 Å². The second kappa shape index (κ2) is 33.1. The third kappa shape index (κ3) is 25.0. The third-order valence-corrected chi connectivity index (χ3v) is 10.6. The van der Waals surface area contributed by atoms with Gasteiger partial charge in [0.15, 0.2) is 0 Å². The molecule has 0 saturated carbocycles. The molecule has 2 nitrogen and oxygen atoms in total. The summed E-state index contributed by atoms with van der Waals surface area (Å²) in [6, 6.07) is 0.619. The summed E-state index contributed by atoms with van der Waals surface area (Å²) < 4.78 is 2.64. The van der Waals surface area contributed by atoms with E-state index in [0.717, 1.165) is 0 Å². The van der Waals surface area contributed by atoms with Crippen molar-refractivity contribution in [1.29, 1.82) is 0 Å². The highest BCUT2D eigenvalue weighted by Crippen LogP contribution is 2.27. The fourth-order valence-electron chi connectivity index (χ4n) is 7.49. The third-order valence-electron chi connectivity index (χ3n) is 10.6. The molecule has 0 saturated heterocycles. The Hall–Kier alpha value is -0.790. The van der Waals surface area contributed by atoms with Crippen molar-refractivity contribution in [2.75, 3.05) is 0 Å². The number of H-pyrrole nitrogens is 1. The van der Waals surface area contributed by atoms with Crippen LogP contribution >= 0.6 is 0 Å². The lowest BCUT2D eigenvalue weighted by molar-refractivity contribution is -0.727. The first-order chi connectivity index (χ1) is 22.2. The van der Waals surface area contributed by atoms with Gasteiger partial charge in [0.2, 0.25) is 0 Å². The summed E-state index contributed by atoms with van der Waals surface area (Å²) in [5, 5.41) is 0. The van der Waals surface area contributed by atoms with E-state index in [0.29, 0.717) is 12.0 Å². The SMILES string of the molecule is CCCCCCCCCCCCCCCCCC(CCCCCCCCC)c1[nH]cc[n+]1C(C)CCCCCCCCCCC. The van der Waals surface area contributed by atoms with Crippen LogP contribution in [0.15, 0.2) is 12.4 Å². The van der Waals surface area contributed by atoms with E-state index < -0.39 is 0 Å². The molecule has 0 radical (unpaired) electrons. The Morgan fingerprint density at radius 1 is 0.422 bits per heavy atom. The van der Waals surface area contributed by atoms with E-state index >= 15 is 0 Å². The number of nitrogens with one attached hydrogen (secondary N) is 1. The first kappa shape index (κ1) is 42.2. The maximum Gasteiger partial charge on any atom is 0.257 e. The number of unbranched alkanes of at least 4 members (excludes halogenated alkanes) is 28. The minimum absolute atomic E-state index is 0.619. The topological polar surface area (TPSA) is 19.7 Å². The van der Waals surface area contributed by atoms with Crippen LogP contribution in [0.3, 0.4) is 0 Å². The van der Waals surface area contributed by atoms with Crippen LogP contribution in [0.25, 0.3) is 0 Å². The maximum absolute atomic E-state index is 3.76. The van der Waals surface area contributed by atoms with Gasteiger partial charge in [-0.05, 0) is 32.6 Å². The standard InChI is InChI=1S/C43H84N2/c1-5-8-11-14-17-19-20-21-22-23-24-26-29-32-35-38-42(37-34-31-27-16-13-10-7-3)43-44-39-40-45(43)41(4)36-33-30-28-25-18-15-12-9-6-2/h39-42H,5-38H2,1-4H3/p+1. The number of hydrogen-bond donors (Lipinski definition) is 1. The van der Waals surface area contributed by atoms with Crippen molar-refractivity contribution in [2.45, 2.75) is 258 Å². The van der Waals surface area contributed by atoms with E-state index in [4.69, 9.17) is 0 Å². The molecule has 266 valence electrons. The molecule has 0 bridgehead atoms. The van der Waals surface area contributed by atoms with Crippen LogP contribution in [0.1, 0.15) is 264 Å². The van der Waals surface area contributed by atoms with Crippen molar-refractivity contribution in [1.82, 2.24) is 4.98 Å². The van der Waals surface area contributed by atoms with Gasteiger partial charge in [0.1, 0.15) is 12.4 Å². The van der Waals surface area contributed by atoms with E-state index in [-0.39, 0.29) is 0 Å². The number of rotatable bonds is 36. The van der Waals surface area contributed by atoms with Gasteiger partial charge in [-0.25, -0.2) is 9.55 Å². The average molecular weight is 630 g/mol. The number of imidazole rings is 1. The fraction of sp³-hybridized carbons (Fsp3) is 0.930. The highest BCUT2D eigenvalue weighted by molar-refractivity contribution is 4.90. The van der Waals surface area contributed by atoms with Gasteiger partial charge in [0.25, 0.3) is 5.82 Å². The van der Waals surface area contributed by atoms with Crippen molar-refractivity contribution in [3.63, 3.8) is 0 Å². The Morgan fingerprint density at radius 3 is 1.04 bits per heavy atom. The molecule has 1 heterocycles. The quantitative estimate of drug-likeness (QED) is 0.0563. The lowest BCUT2D eigenvalue weighted by Crippen LogP contribution is -2.41. The lowest BCUT2D eigenvalue weighted by Gasteiger charge is -2.17. The highest BCUT2D eigenvalue weighted by Gasteiger charge is 2.25. The Bertz CT molecular complexity index is 694. The van der Waals surface area contributed by atoms with Gasteiger partial charge in [0, 0.05) is 0 Å². The zero-order valence-electron chi connectivity index (χ0n) is 31.8. The molecule has 1 N–H and O–H groups in total. The van der Waals surface area contributed by atoms with Crippen LogP contribution < -0.4 is 4.57 Å². The summed E-state index contributed by atoms with van der Waals surface area (Å²) >= 11 is 0. The van der Waals surface area contributed by atoms with Crippen molar-refractivity contribution in [3.05, 3.63) is 18.2 Å². The molecule has 0 aromatic carbocycles. The van der Waals surface area contributed by atoms with Crippen molar-refractivity contribution in [2.24, 2.45) is 0 Å². The smallest absolute Gasteiger partial charge is 0.247 e. The molecule has 1 aromatic heterocycles. The molecule has 0 spiro atoms. The molecule has 2 atom stereocenters. The molecule has 2 unspecified atom stereocenters. The Balaban J connectivity index is 2.35. The average Bonchev–Trinajstić information content (AvgIpc) is 3.54. The van der Waals surface area contributed by atoms with Gasteiger partial charge in [-0.1, -0.05) is 213 Å². The summed E-state index contributed by atoms with van der Waals surface area (Å²) in [6.45, 7) is 9.42. The van der Waals surface area contributed by atoms with Crippen molar-refractivity contribution >= 4 is 0 Å². The molecular formula is C43H85N2+. The van der Waals surface area contributed by atoms with E-state index in [1.807, 2.05) is 0 Å². The van der Waals surface area contributed by atoms with Crippen LogP contribution in [-0.4, -0.2) is 4.98 Å². The molecule has 2 heteroatoms. The van der Waals surface area contributed by atoms with E-state index in [9.17, 15) is 0 Å². The fourth-order valence-corrected chi connectivity index (χ4v) is 7.49. The van der Waals surface area contributed by atoms with E-state index in [2.05, 4.69) is 49.6 Å². The molecule has 1 aromatic rings. The minimum atomic E-state index is 0.619. The summed E-state index contributed by atoms with van der Waals surface area (Å²) in [7, 11) is 0. The molecule has 0 amide bonds. The van der Waals surface area contributed by atoms with Gasteiger partial charge < -0.3 is 0 Å². The van der Waals surface area contributed by atoms with Gasteiger partial charge in [-0.15, -0.1) is 0 Å². The minimum Gasteiger partial charge on any atom is -0.247 e. The summed E-state index contributed by atoms with van der Waals surface area (Å²) in [5.41, 5.74) is 0. The zero-order valence-corrected chi connectivity index (χ0v) is 31.8. The number of aromatic nitrogens is 2. The lowest BCUT2D eigenvalue weighted by atomic mass is 9.92. The second-order valence-electron chi connectivity index (χ2n) is 15.1. The van der Waals surface area contributed by atoms with Crippen molar-refractivity contribution in [3.8, 4) is 0 Å². The molecule has 1 rings (SSSR count). The molecule has 45 heavy (non-hydrogen) atoms. The maximum atomic E-state index is 3.76. The number of hydrogen-bond acceptors (Lipinski definition) is 0.